The minimum Gasteiger partial charge on any atom is -0.380 e. The smallest absolute Gasteiger partial charge is 0.129 e. The maximum Gasteiger partial charge on any atom is 0.129 e. The summed E-state index contributed by atoms with van der Waals surface area (Å²) < 4.78 is 0. The van der Waals surface area contributed by atoms with Gasteiger partial charge in [0.05, 0.1) is 11.9 Å². The number of nitrogens with one attached hydrogen (secondary N) is 1. The van der Waals surface area contributed by atoms with E-state index in [9.17, 15) is 0 Å². The average molecular weight is 259 g/mol. The summed E-state index contributed by atoms with van der Waals surface area (Å²) in [6, 6.07) is 12.6. The Morgan fingerprint density at radius 2 is 1.89 bits per heavy atom. The lowest BCUT2D eigenvalue weighted by molar-refractivity contribution is 1.10. The molecule has 1 N–H and O–H groups in total. The van der Waals surface area contributed by atoms with Crippen molar-refractivity contribution in [2.45, 2.75) is 25.3 Å². The Bertz CT molecular complexity index is 515. The van der Waals surface area contributed by atoms with Crippen LogP contribution in [0.15, 0.2) is 42.6 Å². The molecule has 1 heterocycles. The Kier molecular flexibility index (Phi) is 3.20. The molecule has 2 nitrogen and oxygen atoms in total. The summed E-state index contributed by atoms with van der Waals surface area (Å²) in [4.78, 5) is 4.04. The predicted octanol–water partition coefficient (Wildman–Crippen LogP) is 4.22. The first kappa shape index (κ1) is 11.5. The Balaban J connectivity index is 1.60. The van der Waals surface area contributed by atoms with Gasteiger partial charge >= 0.3 is 0 Å². The molecule has 0 atom stereocenters. The van der Waals surface area contributed by atoms with Gasteiger partial charge in [0, 0.05) is 6.54 Å². The van der Waals surface area contributed by atoms with Crippen LogP contribution in [-0.4, -0.2) is 4.98 Å². The number of pyridine rings is 1. The highest BCUT2D eigenvalue weighted by Gasteiger charge is 2.22. The van der Waals surface area contributed by atoms with Crippen LogP contribution in [0.5, 0.6) is 0 Å². The number of rotatable bonds is 4. The minimum atomic E-state index is 0.523. The van der Waals surface area contributed by atoms with E-state index in [2.05, 4.69) is 34.6 Å². The topological polar surface area (TPSA) is 24.9 Å². The van der Waals surface area contributed by atoms with Gasteiger partial charge in [0.15, 0.2) is 0 Å². The van der Waals surface area contributed by atoms with Crippen molar-refractivity contribution in [3.63, 3.8) is 0 Å². The number of hydrogen-bond donors (Lipinski definition) is 1. The van der Waals surface area contributed by atoms with Crippen LogP contribution in [0.2, 0.25) is 5.15 Å². The van der Waals surface area contributed by atoms with Crippen LogP contribution in [0, 0.1) is 0 Å². The molecule has 92 valence electrons. The lowest BCUT2D eigenvalue weighted by Crippen LogP contribution is -1.99. The first-order valence-electron chi connectivity index (χ1n) is 6.25. The third kappa shape index (κ3) is 2.82. The van der Waals surface area contributed by atoms with Gasteiger partial charge in [-0.3, -0.25) is 0 Å². The summed E-state index contributed by atoms with van der Waals surface area (Å²) >= 11 is 5.74. The first-order valence-corrected chi connectivity index (χ1v) is 6.63. The maximum absolute atomic E-state index is 5.74. The fourth-order valence-electron chi connectivity index (χ4n) is 2.01. The number of nitrogens with zero attached hydrogens (tertiary/aromatic N) is 1. The van der Waals surface area contributed by atoms with E-state index in [4.69, 9.17) is 11.6 Å². The highest BCUT2D eigenvalue weighted by molar-refractivity contribution is 6.29. The summed E-state index contributed by atoms with van der Waals surface area (Å²) in [5.74, 6) is 0.826. The number of aromatic nitrogens is 1. The minimum absolute atomic E-state index is 0.523. The summed E-state index contributed by atoms with van der Waals surface area (Å²) in [5, 5.41) is 3.85. The third-order valence-electron chi connectivity index (χ3n) is 3.25. The lowest BCUT2D eigenvalue weighted by Gasteiger charge is -2.07. The van der Waals surface area contributed by atoms with Crippen molar-refractivity contribution in [3.8, 4) is 0 Å². The maximum atomic E-state index is 5.74. The molecule has 2 aromatic rings. The number of hydrogen-bond acceptors (Lipinski definition) is 2. The average Bonchev–Trinajstić information content (AvgIpc) is 3.23. The van der Waals surface area contributed by atoms with E-state index in [-0.39, 0.29) is 0 Å². The highest BCUT2D eigenvalue weighted by Crippen LogP contribution is 2.39. The van der Waals surface area contributed by atoms with E-state index in [0.717, 1.165) is 18.2 Å². The van der Waals surface area contributed by atoms with E-state index in [1.54, 1.807) is 12.3 Å². The molecule has 3 heteroatoms. The first-order chi connectivity index (χ1) is 8.81. The molecule has 1 saturated carbocycles. The van der Waals surface area contributed by atoms with Gasteiger partial charge in [-0.05, 0) is 42.0 Å². The fourth-order valence-corrected chi connectivity index (χ4v) is 2.12. The number of anilines is 1. The molecule has 0 unspecified atom stereocenters. The SMILES string of the molecule is Clc1ccc(NCc2ccc(C3CC3)cc2)cn1. The molecule has 0 radical (unpaired) electrons. The van der Waals surface area contributed by atoms with Gasteiger partial charge in [0.25, 0.3) is 0 Å². The van der Waals surface area contributed by atoms with Gasteiger partial charge in [0.2, 0.25) is 0 Å². The van der Waals surface area contributed by atoms with Gasteiger partial charge in [0.1, 0.15) is 5.15 Å². The molecule has 0 spiro atoms. The second kappa shape index (κ2) is 4.99. The van der Waals surface area contributed by atoms with E-state index < -0.39 is 0 Å². The van der Waals surface area contributed by atoms with Crippen molar-refractivity contribution in [1.82, 2.24) is 4.98 Å². The number of halogens is 1. The predicted molar refractivity (Wildman–Crippen MR) is 75.0 cm³/mol. The van der Waals surface area contributed by atoms with Crippen LogP contribution < -0.4 is 5.32 Å². The molecule has 0 bridgehead atoms. The van der Waals surface area contributed by atoms with Crippen LogP contribution in [0.1, 0.15) is 29.9 Å². The zero-order valence-electron chi connectivity index (χ0n) is 10.1. The fraction of sp³-hybridized carbons (Fsp3) is 0.267. The van der Waals surface area contributed by atoms with Crippen LogP contribution >= 0.6 is 11.6 Å². The van der Waals surface area contributed by atoms with Crippen LogP contribution in [0.25, 0.3) is 0 Å². The summed E-state index contributed by atoms with van der Waals surface area (Å²) in [7, 11) is 0. The van der Waals surface area contributed by atoms with E-state index >= 15 is 0 Å². The second-order valence-corrected chi connectivity index (χ2v) is 5.13. The second-order valence-electron chi connectivity index (χ2n) is 4.74. The molecule has 3 rings (SSSR count). The molecule has 1 fully saturated rings. The molecule has 1 aliphatic rings. The Hall–Kier alpha value is -1.54. The van der Waals surface area contributed by atoms with E-state index in [1.165, 1.54) is 24.0 Å². The Labute approximate surface area is 112 Å². The summed E-state index contributed by atoms with van der Waals surface area (Å²) in [6.45, 7) is 0.814. The van der Waals surface area contributed by atoms with E-state index in [1.807, 2.05) is 6.07 Å². The summed E-state index contributed by atoms with van der Waals surface area (Å²) in [6.07, 6.45) is 4.46. The summed E-state index contributed by atoms with van der Waals surface area (Å²) in [5.41, 5.74) is 3.76. The molecule has 0 aliphatic heterocycles. The van der Waals surface area contributed by atoms with Gasteiger partial charge < -0.3 is 5.32 Å². The molecule has 0 saturated heterocycles. The quantitative estimate of drug-likeness (QED) is 0.831. The van der Waals surface area contributed by atoms with Gasteiger partial charge in [-0.1, -0.05) is 35.9 Å². The highest BCUT2D eigenvalue weighted by atomic mass is 35.5. The van der Waals surface area contributed by atoms with Crippen molar-refractivity contribution >= 4 is 17.3 Å². The van der Waals surface area contributed by atoms with Crippen LogP contribution in [-0.2, 0) is 6.54 Å². The zero-order valence-corrected chi connectivity index (χ0v) is 10.8. The van der Waals surface area contributed by atoms with Gasteiger partial charge in [-0.25, -0.2) is 4.98 Å². The van der Waals surface area contributed by atoms with Gasteiger partial charge in [-0.15, -0.1) is 0 Å². The van der Waals surface area contributed by atoms with Crippen molar-refractivity contribution in [2.75, 3.05) is 5.32 Å². The standard InChI is InChI=1S/C15H15ClN2/c16-15-8-7-14(10-18-15)17-9-11-1-3-12(4-2-11)13-5-6-13/h1-4,7-8,10,13,17H,5-6,9H2. The molecule has 18 heavy (non-hydrogen) atoms. The van der Waals surface area contributed by atoms with Crippen LogP contribution in [0.3, 0.4) is 0 Å². The third-order valence-corrected chi connectivity index (χ3v) is 3.48. The molecular weight excluding hydrogens is 244 g/mol. The normalized spacial score (nSPS) is 14.5. The van der Waals surface area contributed by atoms with Crippen LogP contribution in [0.4, 0.5) is 5.69 Å². The largest absolute Gasteiger partial charge is 0.380 e. The van der Waals surface area contributed by atoms with Crippen molar-refractivity contribution in [2.24, 2.45) is 0 Å². The molecule has 1 aromatic heterocycles. The zero-order chi connectivity index (χ0) is 12.4. The number of benzene rings is 1. The van der Waals surface area contributed by atoms with E-state index in [0.29, 0.717) is 5.15 Å². The lowest BCUT2D eigenvalue weighted by atomic mass is 10.1. The molecular formula is C15H15ClN2. The Morgan fingerprint density at radius 3 is 2.50 bits per heavy atom. The van der Waals surface area contributed by atoms with Crippen molar-refractivity contribution < 1.29 is 0 Å². The molecule has 1 aliphatic carbocycles. The molecule has 1 aromatic carbocycles. The van der Waals surface area contributed by atoms with Crippen molar-refractivity contribution in [1.29, 1.82) is 0 Å². The molecule has 0 amide bonds. The Morgan fingerprint density at radius 1 is 1.11 bits per heavy atom. The van der Waals surface area contributed by atoms with Crippen molar-refractivity contribution in [3.05, 3.63) is 58.9 Å². The van der Waals surface area contributed by atoms with Gasteiger partial charge in [-0.2, -0.15) is 0 Å². The monoisotopic (exact) mass is 258 g/mol.